The molecule has 2 aromatic rings. The molecule has 0 atom stereocenters. The number of fused-ring (bicyclic) bond motifs is 1. The van der Waals surface area contributed by atoms with Gasteiger partial charge >= 0.3 is 0 Å². The highest BCUT2D eigenvalue weighted by molar-refractivity contribution is 5.51. The van der Waals surface area contributed by atoms with E-state index >= 15 is 0 Å². The van der Waals surface area contributed by atoms with Crippen molar-refractivity contribution < 1.29 is 0 Å². The van der Waals surface area contributed by atoms with E-state index in [4.69, 9.17) is 5.73 Å². The van der Waals surface area contributed by atoms with Crippen molar-refractivity contribution in [2.75, 3.05) is 18.8 Å². The van der Waals surface area contributed by atoms with Gasteiger partial charge < -0.3 is 10.6 Å². The minimum atomic E-state index is 0.573. The molecular weight excluding hydrogens is 238 g/mol. The van der Waals surface area contributed by atoms with Crippen LogP contribution in [-0.2, 0) is 0 Å². The van der Waals surface area contributed by atoms with Crippen molar-refractivity contribution in [1.82, 2.24) is 19.5 Å². The number of nitrogens with two attached hydrogens (primary N) is 1. The molecule has 1 fully saturated rings. The Labute approximate surface area is 113 Å². The van der Waals surface area contributed by atoms with E-state index in [0.29, 0.717) is 17.6 Å². The Kier molecular flexibility index (Phi) is 3.14. The summed E-state index contributed by atoms with van der Waals surface area (Å²) in [4.78, 5) is 6.97. The van der Waals surface area contributed by atoms with Gasteiger partial charge in [-0.05, 0) is 45.7 Å². The lowest BCUT2D eigenvalue weighted by Crippen LogP contribution is -2.37. The first kappa shape index (κ1) is 12.4. The Hall–Kier alpha value is -1.62. The normalized spacial score (nSPS) is 18.5. The molecule has 2 N–H and O–H groups in total. The van der Waals surface area contributed by atoms with Crippen molar-refractivity contribution in [2.45, 2.75) is 38.6 Å². The van der Waals surface area contributed by atoms with Crippen LogP contribution in [-0.4, -0.2) is 38.6 Å². The first-order chi connectivity index (χ1) is 9.15. The molecule has 19 heavy (non-hydrogen) atoms. The summed E-state index contributed by atoms with van der Waals surface area (Å²) in [6.07, 6.45) is 7.87. The maximum Gasteiger partial charge on any atom is 0.158 e. The molecule has 5 heteroatoms. The molecule has 2 aromatic heterocycles. The van der Waals surface area contributed by atoms with Crippen molar-refractivity contribution in [2.24, 2.45) is 0 Å². The quantitative estimate of drug-likeness (QED) is 0.895. The average Bonchev–Trinajstić information content (AvgIpc) is 2.81. The molecule has 0 unspecified atom stereocenters. The number of hydrogen-bond acceptors (Lipinski definition) is 4. The zero-order valence-corrected chi connectivity index (χ0v) is 11.6. The Bertz CT molecular complexity index is 566. The fourth-order valence-corrected chi connectivity index (χ4v) is 2.92. The van der Waals surface area contributed by atoms with E-state index in [1.807, 2.05) is 12.4 Å². The molecule has 1 aliphatic heterocycles. The minimum Gasteiger partial charge on any atom is -0.396 e. The van der Waals surface area contributed by atoms with Crippen molar-refractivity contribution >= 4 is 11.3 Å². The lowest BCUT2D eigenvalue weighted by atomic mass is 9.90. The molecule has 5 nitrogen and oxygen atoms in total. The van der Waals surface area contributed by atoms with E-state index < -0.39 is 0 Å². The molecule has 0 saturated carbocycles. The van der Waals surface area contributed by atoms with E-state index in [-0.39, 0.29) is 0 Å². The summed E-state index contributed by atoms with van der Waals surface area (Å²) in [6, 6.07) is 0.641. The highest BCUT2D eigenvalue weighted by Gasteiger charge is 2.24. The first-order valence-electron chi connectivity index (χ1n) is 6.98. The summed E-state index contributed by atoms with van der Waals surface area (Å²) in [6.45, 7) is 6.85. The number of hydrogen-bond donors (Lipinski definition) is 1. The summed E-state index contributed by atoms with van der Waals surface area (Å²) >= 11 is 0. The van der Waals surface area contributed by atoms with Crippen molar-refractivity contribution in [3.05, 3.63) is 24.2 Å². The number of anilines is 1. The van der Waals surface area contributed by atoms with Gasteiger partial charge in [0.1, 0.15) is 0 Å². The fraction of sp³-hybridized carbons (Fsp3) is 0.571. The molecule has 3 rings (SSSR count). The third kappa shape index (κ3) is 2.30. The van der Waals surface area contributed by atoms with Crippen molar-refractivity contribution in [3.8, 4) is 0 Å². The van der Waals surface area contributed by atoms with Crippen LogP contribution in [0.4, 0.5) is 5.69 Å². The molecule has 3 heterocycles. The van der Waals surface area contributed by atoms with Gasteiger partial charge in [0.15, 0.2) is 5.65 Å². The maximum atomic E-state index is 5.73. The summed E-state index contributed by atoms with van der Waals surface area (Å²) in [5, 5.41) is 4.37. The zero-order chi connectivity index (χ0) is 13.4. The zero-order valence-electron chi connectivity index (χ0n) is 11.6. The third-order valence-corrected chi connectivity index (χ3v) is 4.10. The van der Waals surface area contributed by atoms with E-state index in [9.17, 15) is 0 Å². The molecule has 0 amide bonds. The van der Waals surface area contributed by atoms with Gasteiger partial charge in [-0.1, -0.05) is 0 Å². The first-order valence-corrected chi connectivity index (χ1v) is 6.98. The standard InChI is InChI=1S/C14H21N5/c1-10(2)18-5-3-11(4-6-18)13-8-17-19-9-12(15)7-16-14(13)19/h7-11H,3-6,15H2,1-2H3. The van der Waals surface area contributed by atoms with Crippen LogP contribution in [0.25, 0.3) is 5.65 Å². The van der Waals surface area contributed by atoms with Crippen LogP contribution in [0.15, 0.2) is 18.6 Å². The molecule has 0 radical (unpaired) electrons. The van der Waals surface area contributed by atoms with Crippen LogP contribution in [0.1, 0.15) is 38.2 Å². The molecule has 1 aliphatic rings. The predicted octanol–water partition coefficient (Wildman–Crippen LogP) is 1.90. The van der Waals surface area contributed by atoms with Crippen molar-refractivity contribution in [1.29, 1.82) is 0 Å². The fourth-order valence-electron chi connectivity index (χ4n) is 2.92. The second-order valence-electron chi connectivity index (χ2n) is 5.66. The lowest BCUT2D eigenvalue weighted by Gasteiger charge is -2.34. The number of nitrogen functional groups attached to an aromatic ring is 1. The summed E-state index contributed by atoms with van der Waals surface area (Å²) in [5.41, 5.74) is 8.61. The van der Waals surface area contributed by atoms with Crippen LogP contribution >= 0.6 is 0 Å². The third-order valence-electron chi connectivity index (χ3n) is 4.10. The van der Waals surface area contributed by atoms with Crippen LogP contribution in [0.3, 0.4) is 0 Å². The van der Waals surface area contributed by atoms with Crippen molar-refractivity contribution in [3.63, 3.8) is 0 Å². The summed E-state index contributed by atoms with van der Waals surface area (Å²) in [7, 11) is 0. The van der Waals surface area contributed by atoms with Gasteiger partial charge in [-0.25, -0.2) is 9.50 Å². The van der Waals surface area contributed by atoms with Gasteiger partial charge in [-0.15, -0.1) is 0 Å². The number of aromatic nitrogens is 3. The van der Waals surface area contributed by atoms with Gasteiger partial charge in [0.05, 0.1) is 24.3 Å². The Morgan fingerprint density at radius 2 is 2.00 bits per heavy atom. The summed E-state index contributed by atoms with van der Waals surface area (Å²) in [5.74, 6) is 0.573. The van der Waals surface area contributed by atoms with Crippen LogP contribution in [0.5, 0.6) is 0 Å². The monoisotopic (exact) mass is 259 g/mol. The minimum absolute atomic E-state index is 0.573. The van der Waals surface area contributed by atoms with E-state index in [0.717, 1.165) is 18.7 Å². The largest absolute Gasteiger partial charge is 0.396 e. The summed E-state index contributed by atoms with van der Waals surface area (Å²) < 4.78 is 1.79. The van der Waals surface area contributed by atoms with Crippen LogP contribution < -0.4 is 5.73 Å². The molecule has 0 spiro atoms. The molecule has 1 saturated heterocycles. The van der Waals surface area contributed by atoms with Crippen LogP contribution in [0, 0.1) is 0 Å². The highest BCUT2D eigenvalue weighted by atomic mass is 15.2. The molecule has 0 bridgehead atoms. The average molecular weight is 259 g/mol. The molecule has 0 aliphatic carbocycles. The Balaban J connectivity index is 1.82. The second kappa shape index (κ2) is 4.81. The lowest BCUT2D eigenvalue weighted by molar-refractivity contribution is 0.172. The Morgan fingerprint density at radius 3 is 2.68 bits per heavy atom. The highest BCUT2D eigenvalue weighted by Crippen LogP contribution is 2.30. The number of nitrogens with zero attached hydrogens (tertiary/aromatic N) is 4. The van der Waals surface area contributed by atoms with E-state index in [1.54, 1.807) is 10.7 Å². The predicted molar refractivity (Wildman–Crippen MR) is 76.1 cm³/mol. The van der Waals surface area contributed by atoms with Gasteiger partial charge in [-0.2, -0.15) is 5.10 Å². The number of piperidine rings is 1. The van der Waals surface area contributed by atoms with Gasteiger partial charge in [-0.3, -0.25) is 0 Å². The van der Waals surface area contributed by atoms with E-state index in [2.05, 4.69) is 28.8 Å². The molecule has 102 valence electrons. The number of likely N-dealkylation sites (tertiary alicyclic amines) is 1. The smallest absolute Gasteiger partial charge is 0.158 e. The SMILES string of the molecule is CC(C)N1CCC(c2cnn3cc(N)cnc23)CC1. The molecular formula is C14H21N5. The Morgan fingerprint density at radius 1 is 1.26 bits per heavy atom. The number of rotatable bonds is 2. The van der Waals surface area contributed by atoms with Crippen LogP contribution in [0.2, 0.25) is 0 Å². The maximum absolute atomic E-state index is 5.73. The van der Waals surface area contributed by atoms with Gasteiger partial charge in [0, 0.05) is 11.6 Å². The second-order valence-corrected chi connectivity index (χ2v) is 5.66. The van der Waals surface area contributed by atoms with Gasteiger partial charge in [0.25, 0.3) is 0 Å². The van der Waals surface area contributed by atoms with E-state index in [1.165, 1.54) is 18.4 Å². The topological polar surface area (TPSA) is 59.5 Å². The van der Waals surface area contributed by atoms with Gasteiger partial charge in [0.2, 0.25) is 0 Å². The molecule has 0 aromatic carbocycles.